The van der Waals surface area contributed by atoms with E-state index >= 15 is 0 Å². The first-order valence-electron chi connectivity index (χ1n) is 7.43. The van der Waals surface area contributed by atoms with Gasteiger partial charge in [0.15, 0.2) is 0 Å². The van der Waals surface area contributed by atoms with Gasteiger partial charge in [-0.25, -0.2) is 0 Å². The summed E-state index contributed by atoms with van der Waals surface area (Å²) in [7, 11) is 1.67. The van der Waals surface area contributed by atoms with E-state index in [1.165, 1.54) is 0 Å². The zero-order valence-corrected chi connectivity index (χ0v) is 12.2. The van der Waals surface area contributed by atoms with Gasteiger partial charge in [-0.3, -0.25) is 10.1 Å². The first kappa shape index (κ1) is 13.4. The number of unbranched alkanes of at least 4 members (excludes halogenated alkanes) is 1. The molecule has 3 rings (SSSR count). The molecule has 0 aromatic heterocycles. The Hall–Kier alpha value is -1.55. The normalized spacial score (nSPS) is 23.4. The lowest BCUT2D eigenvalue weighted by molar-refractivity contribution is -0.130. The number of carbonyl (C=O) groups excluding carboxylic acids is 1. The van der Waals surface area contributed by atoms with Gasteiger partial charge in [-0.1, -0.05) is 25.5 Å². The summed E-state index contributed by atoms with van der Waals surface area (Å²) in [6, 6.07) is 8.00. The quantitative estimate of drug-likeness (QED) is 0.896. The third-order valence-corrected chi connectivity index (χ3v) is 4.33. The molecule has 1 saturated carbocycles. The molecule has 2 fully saturated rings. The van der Waals surface area contributed by atoms with Gasteiger partial charge in [0.2, 0.25) is 5.91 Å². The van der Waals surface area contributed by atoms with Crippen molar-refractivity contribution in [2.75, 3.05) is 13.7 Å². The topological polar surface area (TPSA) is 41.6 Å². The summed E-state index contributed by atoms with van der Waals surface area (Å²) in [6.45, 7) is 2.99. The number of benzene rings is 1. The minimum absolute atomic E-state index is 0.0162. The van der Waals surface area contributed by atoms with Crippen LogP contribution in [-0.2, 0) is 4.79 Å². The average molecular weight is 274 g/mol. The smallest absolute Gasteiger partial charge is 0.244 e. The molecular formula is C16H22N2O2. The monoisotopic (exact) mass is 274 g/mol. The van der Waals surface area contributed by atoms with Crippen LogP contribution in [0, 0.1) is 0 Å². The Kier molecular flexibility index (Phi) is 3.42. The highest BCUT2D eigenvalue weighted by Gasteiger charge is 2.59. The van der Waals surface area contributed by atoms with Crippen LogP contribution in [0.1, 0.15) is 44.3 Å². The molecule has 4 heteroatoms. The Morgan fingerprint density at radius 1 is 1.35 bits per heavy atom. The van der Waals surface area contributed by atoms with E-state index < -0.39 is 0 Å². The maximum atomic E-state index is 12.5. The third kappa shape index (κ3) is 2.18. The third-order valence-electron chi connectivity index (χ3n) is 4.33. The largest absolute Gasteiger partial charge is 0.497 e. The number of hydrogen-bond acceptors (Lipinski definition) is 3. The molecule has 20 heavy (non-hydrogen) atoms. The van der Waals surface area contributed by atoms with Crippen LogP contribution < -0.4 is 10.1 Å². The second kappa shape index (κ2) is 5.09. The van der Waals surface area contributed by atoms with Crippen LogP contribution in [0.15, 0.2) is 24.3 Å². The van der Waals surface area contributed by atoms with Crippen LogP contribution >= 0.6 is 0 Å². The molecule has 1 saturated heterocycles. The summed E-state index contributed by atoms with van der Waals surface area (Å²) in [6.07, 6.45) is 4.12. The van der Waals surface area contributed by atoms with Gasteiger partial charge in [0.1, 0.15) is 17.5 Å². The van der Waals surface area contributed by atoms with E-state index in [0.717, 1.165) is 43.5 Å². The number of nitrogens with one attached hydrogen (secondary N) is 1. The zero-order chi connectivity index (χ0) is 14.2. The maximum absolute atomic E-state index is 12.5. The molecule has 108 valence electrons. The number of methoxy groups -OCH3 is 1. The minimum atomic E-state index is -0.252. The van der Waals surface area contributed by atoms with E-state index in [9.17, 15) is 4.79 Å². The first-order chi connectivity index (χ1) is 9.70. The molecular weight excluding hydrogens is 252 g/mol. The SMILES string of the molecule is CCCCN1C(=O)C2(CC2)NC1c1ccc(OC)cc1. The van der Waals surface area contributed by atoms with Crippen molar-refractivity contribution in [1.29, 1.82) is 0 Å². The number of ether oxygens (including phenoxy) is 1. The van der Waals surface area contributed by atoms with Crippen LogP contribution in [-0.4, -0.2) is 30.0 Å². The van der Waals surface area contributed by atoms with Crippen LogP contribution in [0.2, 0.25) is 0 Å². The average Bonchev–Trinajstić information content (AvgIpc) is 3.21. The van der Waals surface area contributed by atoms with E-state index in [1.54, 1.807) is 7.11 Å². The van der Waals surface area contributed by atoms with Gasteiger partial charge in [0.05, 0.1) is 7.11 Å². The summed E-state index contributed by atoms with van der Waals surface area (Å²) in [5.41, 5.74) is 0.886. The molecule has 2 aliphatic rings. The molecule has 4 nitrogen and oxygen atoms in total. The van der Waals surface area contributed by atoms with Crippen molar-refractivity contribution >= 4 is 5.91 Å². The van der Waals surface area contributed by atoms with Gasteiger partial charge in [-0.2, -0.15) is 0 Å². The molecule has 1 amide bonds. The Morgan fingerprint density at radius 2 is 2.05 bits per heavy atom. The summed E-state index contributed by atoms with van der Waals surface area (Å²) in [5, 5.41) is 3.54. The number of carbonyl (C=O) groups is 1. The highest BCUT2D eigenvalue weighted by Crippen LogP contribution is 2.46. The lowest BCUT2D eigenvalue weighted by Gasteiger charge is -2.24. The number of amides is 1. The molecule has 0 bridgehead atoms. The molecule has 1 spiro atoms. The summed E-state index contributed by atoms with van der Waals surface area (Å²) >= 11 is 0. The van der Waals surface area contributed by atoms with Gasteiger partial charge in [-0.15, -0.1) is 0 Å². The molecule has 1 N–H and O–H groups in total. The Balaban J connectivity index is 1.83. The van der Waals surface area contributed by atoms with Crippen molar-refractivity contribution in [2.45, 2.75) is 44.3 Å². The van der Waals surface area contributed by atoms with Crippen LogP contribution in [0.25, 0.3) is 0 Å². The number of hydrogen-bond donors (Lipinski definition) is 1. The molecule has 1 atom stereocenters. The summed E-state index contributed by atoms with van der Waals surface area (Å²) < 4.78 is 5.20. The van der Waals surface area contributed by atoms with Gasteiger partial charge >= 0.3 is 0 Å². The highest BCUT2D eigenvalue weighted by molar-refractivity contribution is 5.92. The van der Waals surface area contributed by atoms with Crippen molar-refractivity contribution in [3.8, 4) is 5.75 Å². The Morgan fingerprint density at radius 3 is 2.60 bits per heavy atom. The van der Waals surface area contributed by atoms with Crippen LogP contribution in [0.3, 0.4) is 0 Å². The van der Waals surface area contributed by atoms with E-state index in [2.05, 4.69) is 12.2 Å². The predicted molar refractivity (Wildman–Crippen MR) is 77.5 cm³/mol. The molecule has 1 aromatic rings. The predicted octanol–water partition coefficient (Wildman–Crippen LogP) is 2.46. The van der Waals surface area contributed by atoms with E-state index in [-0.39, 0.29) is 17.6 Å². The van der Waals surface area contributed by atoms with Crippen LogP contribution in [0.4, 0.5) is 0 Å². The summed E-state index contributed by atoms with van der Waals surface area (Å²) in [4.78, 5) is 14.6. The maximum Gasteiger partial charge on any atom is 0.244 e. The molecule has 0 radical (unpaired) electrons. The molecule has 1 aliphatic heterocycles. The molecule has 1 aliphatic carbocycles. The van der Waals surface area contributed by atoms with Crippen LogP contribution in [0.5, 0.6) is 5.75 Å². The van der Waals surface area contributed by atoms with Crippen molar-refractivity contribution in [2.24, 2.45) is 0 Å². The Bertz CT molecular complexity index is 494. The second-order valence-electron chi connectivity index (χ2n) is 5.75. The first-order valence-corrected chi connectivity index (χ1v) is 7.43. The lowest BCUT2D eigenvalue weighted by atomic mass is 10.1. The zero-order valence-electron chi connectivity index (χ0n) is 12.2. The lowest BCUT2D eigenvalue weighted by Crippen LogP contribution is -2.32. The fraction of sp³-hybridized carbons (Fsp3) is 0.562. The standard InChI is InChI=1S/C16H22N2O2/c1-3-4-11-18-14(17-16(9-10-16)15(18)19)12-5-7-13(20-2)8-6-12/h5-8,14,17H,3-4,9-11H2,1-2H3. The van der Waals surface area contributed by atoms with Gasteiger partial charge in [-0.05, 0) is 37.0 Å². The van der Waals surface area contributed by atoms with Crippen molar-refractivity contribution in [1.82, 2.24) is 10.2 Å². The number of rotatable bonds is 5. The van der Waals surface area contributed by atoms with Gasteiger partial charge < -0.3 is 9.64 Å². The highest BCUT2D eigenvalue weighted by atomic mass is 16.5. The van der Waals surface area contributed by atoms with Crippen molar-refractivity contribution < 1.29 is 9.53 Å². The van der Waals surface area contributed by atoms with Gasteiger partial charge in [0, 0.05) is 6.54 Å². The second-order valence-corrected chi connectivity index (χ2v) is 5.75. The Labute approximate surface area is 120 Å². The van der Waals surface area contributed by atoms with Crippen molar-refractivity contribution in [3.05, 3.63) is 29.8 Å². The molecule has 1 unspecified atom stereocenters. The van der Waals surface area contributed by atoms with E-state index in [4.69, 9.17) is 4.74 Å². The fourth-order valence-electron chi connectivity index (χ4n) is 2.89. The van der Waals surface area contributed by atoms with Crippen molar-refractivity contribution in [3.63, 3.8) is 0 Å². The summed E-state index contributed by atoms with van der Waals surface area (Å²) in [5.74, 6) is 1.13. The van der Waals surface area contributed by atoms with E-state index in [0.29, 0.717) is 0 Å². The molecule has 1 heterocycles. The molecule has 1 aromatic carbocycles. The fourth-order valence-corrected chi connectivity index (χ4v) is 2.89. The van der Waals surface area contributed by atoms with Gasteiger partial charge in [0.25, 0.3) is 0 Å². The number of nitrogens with zero attached hydrogens (tertiary/aromatic N) is 1. The minimum Gasteiger partial charge on any atom is -0.497 e. The van der Waals surface area contributed by atoms with E-state index in [1.807, 2.05) is 29.2 Å².